The summed E-state index contributed by atoms with van der Waals surface area (Å²) in [4.78, 5) is 4.44. The molecule has 1 aliphatic heterocycles. The molecule has 4 nitrogen and oxygen atoms in total. The minimum absolute atomic E-state index is 0.0967. The highest BCUT2D eigenvalue weighted by molar-refractivity contribution is 6.30. The van der Waals surface area contributed by atoms with Crippen LogP contribution in [-0.2, 0) is 24.6 Å². The summed E-state index contributed by atoms with van der Waals surface area (Å²) in [5, 5.41) is 4.67. The van der Waals surface area contributed by atoms with E-state index in [-0.39, 0.29) is 6.10 Å². The summed E-state index contributed by atoms with van der Waals surface area (Å²) in [5.41, 5.74) is 2.82. The van der Waals surface area contributed by atoms with E-state index in [4.69, 9.17) is 16.3 Å². The van der Waals surface area contributed by atoms with Crippen molar-refractivity contribution >= 4 is 11.6 Å². The van der Waals surface area contributed by atoms with E-state index in [1.807, 2.05) is 25.5 Å². The first kappa shape index (κ1) is 15.2. The Kier molecular flexibility index (Phi) is 4.14. The normalized spacial score (nSPS) is 27.1. The number of nitrogens with one attached hydrogen (secondary N) is 1. The molecule has 4 rings (SSSR count). The van der Waals surface area contributed by atoms with Gasteiger partial charge in [-0.25, -0.2) is 4.98 Å². The average Bonchev–Trinajstić information content (AvgIpc) is 3.12. The molecular weight excluding hydrogens is 310 g/mol. The lowest BCUT2D eigenvalue weighted by molar-refractivity contribution is -0.00798. The molecule has 5 heteroatoms. The molecule has 0 radical (unpaired) electrons. The van der Waals surface area contributed by atoms with Crippen molar-refractivity contribution in [1.29, 1.82) is 0 Å². The number of aromatic nitrogens is 2. The lowest BCUT2D eigenvalue weighted by atomic mass is 10.0. The highest BCUT2D eigenvalue weighted by Crippen LogP contribution is 2.29. The summed E-state index contributed by atoms with van der Waals surface area (Å²) in [7, 11) is 2.03. The number of hydrogen-bond donors (Lipinski definition) is 1. The Morgan fingerprint density at radius 2 is 2.13 bits per heavy atom. The van der Waals surface area contributed by atoms with Gasteiger partial charge in [-0.15, -0.1) is 0 Å². The van der Waals surface area contributed by atoms with Crippen LogP contribution in [0.4, 0.5) is 0 Å². The molecule has 0 amide bonds. The van der Waals surface area contributed by atoms with Crippen molar-refractivity contribution in [2.24, 2.45) is 7.05 Å². The number of fused-ring (bicyclic) bond motifs is 1. The third kappa shape index (κ3) is 3.16. The minimum atomic E-state index is 0.0967. The Balaban J connectivity index is 1.39. The quantitative estimate of drug-likeness (QED) is 0.939. The Morgan fingerprint density at radius 3 is 2.96 bits per heavy atom. The van der Waals surface area contributed by atoms with Crippen LogP contribution in [0.2, 0.25) is 5.02 Å². The van der Waals surface area contributed by atoms with E-state index in [0.29, 0.717) is 12.1 Å². The molecule has 1 aromatic carbocycles. The second-order valence-corrected chi connectivity index (χ2v) is 7.10. The molecule has 1 fully saturated rings. The number of benzene rings is 1. The molecule has 0 bridgehead atoms. The van der Waals surface area contributed by atoms with Gasteiger partial charge in [-0.2, -0.15) is 0 Å². The summed E-state index contributed by atoms with van der Waals surface area (Å²) in [6.07, 6.45) is 8.13. The number of hydrogen-bond acceptors (Lipinski definition) is 3. The van der Waals surface area contributed by atoms with Gasteiger partial charge in [0, 0.05) is 43.2 Å². The molecule has 23 heavy (non-hydrogen) atoms. The topological polar surface area (TPSA) is 39.1 Å². The summed E-state index contributed by atoms with van der Waals surface area (Å²) in [5.74, 6) is 1.03. The van der Waals surface area contributed by atoms with Crippen LogP contribution >= 0.6 is 11.6 Å². The highest BCUT2D eigenvalue weighted by Gasteiger charge is 2.30. The first-order valence-corrected chi connectivity index (χ1v) is 8.69. The van der Waals surface area contributed by atoms with Gasteiger partial charge in [-0.1, -0.05) is 17.7 Å². The SMILES string of the molecule is Cn1ccnc1C1CC(NC2Cc3ccc(Cl)cc3C2)CCO1. The monoisotopic (exact) mass is 331 g/mol. The zero-order chi connectivity index (χ0) is 15.8. The number of nitrogens with zero attached hydrogens (tertiary/aromatic N) is 2. The van der Waals surface area contributed by atoms with Gasteiger partial charge in [0.15, 0.2) is 0 Å². The average molecular weight is 332 g/mol. The van der Waals surface area contributed by atoms with Gasteiger partial charge in [0.1, 0.15) is 11.9 Å². The number of imidazole rings is 1. The van der Waals surface area contributed by atoms with Crippen molar-refractivity contribution in [1.82, 2.24) is 14.9 Å². The van der Waals surface area contributed by atoms with Crippen molar-refractivity contribution in [2.75, 3.05) is 6.61 Å². The number of rotatable bonds is 3. The Bertz CT molecular complexity index is 699. The van der Waals surface area contributed by atoms with E-state index in [9.17, 15) is 0 Å². The molecule has 3 atom stereocenters. The van der Waals surface area contributed by atoms with Gasteiger partial charge in [-0.05, 0) is 48.9 Å². The maximum Gasteiger partial charge on any atom is 0.137 e. The van der Waals surface area contributed by atoms with Gasteiger partial charge in [-0.3, -0.25) is 0 Å². The summed E-state index contributed by atoms with van der Waals surface area (Å²) >= 11 is 6.11. The maximum absolute atomic E-state index is 6.11. The molecular formula is C18H22ClN3O. The molecule has 1 aromatic heterocycles. The van der Waals surface area contributed by atoms with Crippen LogP contribution in [0.15, 0.2) is 30.6 Å². The van der Waals surface area contributed by atoms with Crippen LogP contribution < -0.4 is 5.32 Å². The smallest absolute Gasteiger partial charge is 0.137 e. The fourth-order valence-electron chi connectivity index (χ4n) is 3.85. The molecule has 0 spiro atoms. The Hall–Kier alpha value is -1.36. The van der Waals surface area contributed by atoms with Crippen molar-refractivity contribution in [2.45, 2.75) is 43.9 Å². The highest BCUT2D eigenvalue weighted by atomic mass is 35.5. The fourth-order valence-corrected chi connectivity index (χ4v) is 4.05. The van der Waals surface area contributed by atoms with Crippen molar-refractivity contribution in [3.8, 4) is 0 Å². The van der Waals surface area contributed by atoms with Crippen molar-refractivity contribution < 1.29 is 4.74 Å². The molecule has 3 unspecified atom stereocenters. The van der Waals surface area contributed by atoms with E-state index in [0.717, 1.165) is 43.1 Å². The Morgan fingerprint density at radius 1 is 1.26 bits per heavy atom. The minimum Gasteiger partial charge on any atom is -0.370 e. The predicted molar refractivity (Wildman–Crippen MR) is 90.7 cm³/mol. The standard InChI is InChI=1S/C18H22ClN3O/c1-22-6-5-20-18(22)17-11-15(4-7-23-17)21-16-9-12-2-3-14(19)8-13(12)10-16/h2-3,5-6,8,15-17,21H,4,7,9-11H2,1H3. The third-order valence-corrected chi connectivity index (χ3v) is 5.24. The first-order valence-electron chi connectivity index (χ1n) is 8.31. The van der Waals surface area contributed by atoms with Gasteiger partial charge in [0.25, 0.3) is 0 Å². The van der Waals surface area contributed by atoms with Gasteiger partial charge in [0.2, 0.25) is 0 Å². The van der Waals surface area contributed by atoms with Crippen molar-refractivity contribution in [3.63, 3.8) is 0 Å². The van der Waals surface area contributed by atoms with Crippen LogP contribution in [0, 0.1) is 0 Å². The Labute approximate surface area is 141 Å². The van der Waals surface area contributed by atoms with E-state index in [1.54, 1.807) is 0 Å². The largest absolute Gasteiger partial charge is 0.370 e. The fraction of sp³-hybridized carbons (Fsp3) is 0.500. The van der Waals surface area contributed by atoms with E-state index < -0.39 is 0 Å². The lowest BCUT2D eigenvalue weighted by Crippen LogP contribution is -2.43. The van der Waals surface area contributed by atoms with Crippen LogP contribution in [0.3, 0.4) is 0 Å². The van der Waals surface area contributed by atoms with E-state index in [1.165, 1.54) is 11.1 Å². The summed E-state index contributed by atoms with van der Waals surface area (Å²) < 4.78 is 7.99. The predicted octanol–water partition coefficient (Wildman–Crippen LogP) is 3.05. The second-order valence-electron chi connectivity index (χ2n) is 6.66. The van der Waals surface area contributed by atoms with Crippen LogP contribution in [0.5, 0.6) is 0 Å². The molecule has 122 valence electrons. The zero-order valence-electron chi connectivity index (χ0n) is 13.3. The first-order chi connectivity index (χ1) is 11.2. The number of halogens is 1. The molecule has 2 aliphatic rings. The third-order valence-electron chi connectivity index (χ3n) is 5.00. The summed E-state index contributed by atoms with van der Waals surface area (Å²) in [6, 6.07) is 7.27. The molecule has 1 N–H and O–H groups in total. The van der Waals surface area contributed by atoms with E-state index >= 15 is 0 Å². The van der Waals surface area contributed by atoms with Crippen LogP contribution in [0.25, 0.3) is 0 Å². The lowest BCUT2D eigenvalue weighted by Gasteiger charge is -2.31. The molecule has 1 saturated heterocycles. The number of aryl methyl sites for hydroxylation is 1. The molecule has 2 aromatic rings. The summed E-state index contributed by atoms with van der Waals surface area (Å²) in [6.45, 7) is 0.792. The molecule has 0 saturated carbocycles. The second kappa shape index (κ2) is 6.27. The van der Waals surface area contributed by atoms with Gasteiger partial charge >= 0.3 is 0 Å². The maximum atomic E-state index is 6.11. The van der Waals surface area contributed by atoms with Crippen LogP contribution in [0.1, 0.15) is 35.9 Å². The van der Waals surface area contributed by atoms with Crippen molar-refractivity contribution in [3.05, 3.63) is 52.6 Å². The van der Waals surface area contributed by atoms with Gasteiger partial charge in [0.05, 0.1) is 0 Å². The zero-order valence-corrected chi connectivity index (χ0v) is 14.1. The van der Waals surface area contributed by atoms with Gasteiger partial charge < -0.3 is 14.6 Å². The molecule has 1 aliphatic carbocycles. The number of ether oxygens (including phenoxy) is 1. The molecule has 2 heterocycles. The van der Waals surface area contributed by atoms with E-state index in [2.05, 4.69) is 27.0 Å². The van der Waals surface area contributed by atoms with Crippen LogP contribution in [-0.4, -0.2) is 28.2 Å².